The zero-order valence-electron chi connectivity index (χ0n) is 9.83. The maximum absolute atomic E-state index is 11.8. The molecule has 1 heterocycles. The van der Waals surface area contributed by atoms with E-state index in [-0.39, 0.29) is 11.9 Å². The van der Waals surface area contributed by atoms with E-state index < -0.39 is 0 Å². The van der Waals surface area contributed by atoms with E-state index in [2.05, 4.69) is 12.2 Å². The zero-order chi connectivity index (χ0) is 10.8. The number of nitrogens with one attached hydrogen (secondary N) is 1. The first-order valence-electron chi connectivity index (χ1n) is 6.23. The third-order valence-electron chi connectivity index (χ3n) is 4.03. The van der Waals surface area contributed by atoms with Gasteiger partial charge >= 0.3 is 0 Å². The molecule has 0 spiro atoms. The lowest BCUT2D eigenvalue weighted by atomic mass is 9.99. The van der Waals surface area contributed by atoms with E-state index in [1.54, 1.807) is 0 Å². The van der Waals surface area contributed by atoms with Crippen LogP contribution in [0, 0.1) is 5.92 Å². The molecule has 2 rings (SSSR count). The van der Waals surface area contributed by atoms with E-state index in [9.17, 15) is 4.79 Å². The van der Waals surface area contributed by atoms with Crippen LogP contribution in [0.25, 0.3) is 0 Å². The molecule has 3 unspecified atom stereocenters. The molecule has 0 radical (unpaired) electrons. The van der Waals surface area contributed by atoms with E-state index in [0.717, 1.165) is 18.9 Å². The van der Waals surface area contributed by atoms with Gasteiger partial charge in [-0.15, -0.1) is 0 Å². The molecule has 1 aliphatic carbocycles. The van der Waals surface area contributed by atoms with Crippen LogP contribution in [0.2, 0.25) is 0 Å². The third kappa shape index (κ3) is 2.17. The molecule has 86 valence electrons. The van der Waals surface area contributed by atoms with E-state index in [0.29, 0.717) is 6.04 Å². The van der Waals surface area contributed by atoms with Gasteiger partial charge in [-0.3, -0.25) is 4.79 Å². The van der Waals surface area contributed by atoms with Gasteiger partial charge in [0, 0.05) is 19.6 Å². The second-order valence-electron chi connectivity index (χ2n) is 4.97. The van der Waals surface area contributed by atoms with Crippen molar-refractivity contribution in [2.45, 2.75) is 51.1 Å². The summed E-state index contributed by atoms with van der Waals surface area (Å²) in [7, 11) is 1.90. The van der Waals surface area contributed by atoms with Crippen molar-refractivity contribution in [3.05, 3.63) is 0 Å². The maximum Gasteiger partial charge on any atom is 0.239 e. The normalized spacial score (nSPS) is 36.5. The van der Waals surface area contributed by atoms with E-state index in [1.807, 2.05) is 11.9 Å². The Hall–Kier alpha value is -0.570. The molecule has 1 saturated carbocycles. The van der Waals surface area contributed by atoms with Crippen molar-refractivity contribution in [1.82, 2.24) is 10.2 Å². The summed E-state index contributed by atoms with van der Waals surface area (Å²) in [6, 6.07) is 0.697. The summed E-state index contributed by atoms with van der Waals surface area (Å²) >= 11 is 0. The smallest absolute Gasteiger partial charge is 0.239 e. The van der Waals surface area contributed by atoms with Crippen molar-refractivity contribution >= 4 is 5.91 Å². The van der Waals surface area contributed by atoms with Gasteiger partial charge in [-0.05, 0) is 25.2 Å². The fourth-order valence-electron chi connectivity index (χ4n) is 2.98. The minimum Gasteiger partial charge on any atom is -0.344 e. The van der Waals surface area contributed by atoms with Crippen molar-refractivity contribution in [2.75, 3.05) is 13.6 Å². The van der Waals surface area contributed by atoms with Crippen LogP contribution in [0.3, 0.4) is 0 Å². The highest BCUT2D eigenvalue weighted by Gasteiger charge is 2.34. The summed E-state index contributed by atoms with van der Waals surface area (Å²) in [5, 5.41) is 3.57. The van der Waals surface area contributed by atoms with Gasteiger partial charge in [0.25, 0.3) is 0 Å². The van der Waals surface area contributed by atoms with Crippen molar-refractivity contribution in [3.8, 4) is 0 Å². The minimum absolute atomic E-state index is 0.104. The molecule has 3 heteroatoms. The standard InChI is InChI=1S/C12H22N2O/c1-3-9-5-4-6-10(9)13-11-7-8-14(2)12(11)15/h9-11,13H,3-8H2,1-2H3. The van der Waals surface area contributed by atoms with Crippen molar-refractivity contribution < 1.29 is 4.79 Å². The summed E-state index contributed by atoms with van der Waals surface area (Å²) in [5.41, 5.74) is 0. The van der Waals surface area contributed by atoms with Crippen molar-refractivity contribution in [2.24, 2.45) is 5.92 Å². The Morgan fingerprint density at radius 2 is 2.20 bits per heavy atom. The Kier molecular flexibility index (Phi) is 3.29. The zero-order valence-corrected chi connectivity index (χ0v) is 9.83. The first-order valence-corrected chi connectivity index (χ1v) is 6.23. The average molecular weight is 210 g/mol. The molecule has 1 aliphatic heterocycles. The average Bonchev–Trinajstić information content (AvgIpc) is 2.80. The summed E-state index contributed by atoms with van der Waals surface area (Å²) in [4.78, 5) is 13.6. The predicted molar refractivity (Wildman–Crippen MR) is 60.6 cm³/mol. The molecule has 0 aromatic carbocycles. The van der Waals surface area contributed by atoms with Gasteiger partial charge in [0.15, 0.2) is 0 Å². The number of carbonyl (C=O) groups is 1. The quantitative estimate of drug-likeness (QED) is 0.763. The van der Waals surface area contributed by atoms with Gasteiger partial charge in [0.2, 0.25) is 5.91 Å². The van der Waals surface area contributed by atoms with Crippen LogP contribution in [0.5, 0.6) is 0 Å². The van der Waals surface area contributed by atoms with Gasteiger partial charge in [0.1, 0.15) is 0 Å². The Morgan fingerprint density at radius 1 is 1.40 bits per heavy atom. The number of amides is 1. The van der Waals surface area contributed by atoms with Crippen molar-refractivity contribution in [1.29, 1.82) is 0 Å². The van der Waals surface area contributed by atoms with Gasteiger partial charge in [-0.2, -0.15) is 0 Å². The Labute approximate surface area is 92.2 Å². The Bertz CT molecular complexity index is 242. The van der Waals surface area contributed by atoms with Crippen LogP contribution in [0.1, 0.15) is 39.0 Å². The number of likely N-dealkylation sites (tertiary alicyclic amines) is 1. The lowest BCUT2D eigenvalue weighted by Crippen LogP contribution is -2.44. The number of carbonyl (C=O) groups excluding carboxylic acids is 1. The van der Waals surface area contributed by atoms with Crippen LogP contribution in [-0.4, -0.2) is 36.5 Å². The lowest BCUT2D eigenvalue weighted by Gasteiger charge is -2.23. The first-order chi connectivity index (χ1) is 7.22. The molecular formula is C12H22N2O. The van der Waals surface area contributed by atoms with Crippen LogP contribution in [0.4, 0.5) is 0 Å². The van der Waals surface area contributed by atoms with Gasteiger partial charge in [0.05, 0.1) is 6.04 Å². The van der Waals surface area contributed by atoms with E-state index in [4.69, 9.17) is 0 Å². The number of hydrogen-bond donors (Lipinski definition) is 1. The fourth-order valence-corrected chi connectivity index (χ4v) is 2.98. The van der Waals surface area contributed by atoms with Crippen LogP contribution in [-0.2, 0) is 4.79 Å². The number of rotatable bonds is 3. The Morgan fingerprint density at radius 3 is 2.80 bits per heavy atom. The third-order valence-corrected chi connectivity index (χ3v) is 4.03. The lowest BCUT2D eigenvalue weighted by molar-refractivity contribution is -0.128. The molecule has 3 atom stereocenters. The minimum atomic E-state index is 0.104. The summed E-state index contributed by atoms with van der Waals surface area (Å²) in [5.74, 6) is 1.08. The second kappa shape index (κ2) is 4.52. The number of nitrogens with zero attached hydrogens (tertiary/aromatic N) is 1. The summed E-state index contributed by atoms with van der Waals surface area (Å²) < 4.78 is 0. The SMILES string of the molecule is CCC1CCCC1NC1CCN(C)C1=O. The molecular weight excluding hydrogens is 188 g/mol. The van der Waals surface area contributed by atoms with E-state index >= 15 is 0 Å². The van der Waals surface area contributed by atoms with Gasteiger partial charge < -0.3 is 10.2 Å². The summed E-state index contributed by atoms with van der Waals surface area (Å²) in [6.07, 6.45) is 6.15. The van der Waals surface area contributed by atoms with Crippen LogP contribution < -0.4 is 5.32 Å². The molecule has 1 saturated heterocycles. The molecule has 0 bridgehead atoms. The summed E-state index contributed by atoms with van der Waals surface area (Å²) in [6.45, 7) is 3.17. The molecule has 15 heavy (non-hydrogen) atoms. The number of likely N-dealkylation sites (N-methyl/N-ethyl adjacent to an activating group) is 1. The highest BCUT2D eigenvalue weighted by Crippen LogP contribution is 2.29. The fraction of sp³-hybridized carbons (Fsp3) is 0.917. The van der Waals surface area contributed by atoms with Crippen LogP contribution >= 0.6 is 0 Å². The highest BCUT2D eigenvalue weighted by atomic mass is 16.2. The second-order valence-corrected chi connectivity index (χ2v) is 4.97. The van der Waals surface area contributed by atoms with Crippen molar-refractivity contribution in [3.63, 3.8) is 0 Å². The highest BCUT2D eigenvalue weighted by molar-refractivity contribution is 5.83. The predicted octanol–water partition coefficient (Wildman–Crippen LogP) is 1.39. The van der Waals surface area contributed by atoms with Gasteiger partial charge in [-0.25, -0.2) is 0 Å². The molecule has 1 amide bonds. The number of hydrogen-bond acceptors (Lipinski definition) is 2. The Balaban J connectivity index is 1.89. The monoisotopic (exact) mass is 210 g/mol. The van der Waals surface area contributed by atoms with E-state index in [1.165, 1.54) is 25.7 Å². The molecule has 2 fully saturated rings. The molecule has 0 aromatic heterocycles. The van der Waals surface area contributed by atoms with Crippen LogP contribution in [0.15, 0.2) is 0 Å². The van der Waals surface area contributed by atoms with Gasteiger partial charge in [-0.1, -0.05) is 19.8 Å². The molecule has 0 aromatic rings. The first kappa shape index (κ1) is 10.9. The molecule has 3 nitrogen and oxygen atoms in total. The topological polar surface area (TPSA) is 32.3 Å². The molecule has 1 N–H and O–H groups in total. The largest absolute Gasteiger partial charge is 0.344 e. The molecule has 2 aliphatic rings. The maximum atomic E-state index is 11.8.